The van der Waals surface area contributed by atoms with E-state index in [0.29, 0.717) is 25.5 Å². The van der Waals surface area contributed by atoms with Crippen molar-refractivity contribution in [2.75, 3.05) is 32.6 Å². The van der Waals surface area contributed by atoms with E-state index < -0.39 is 0 Å². The molecule has 3 heterocycles. The average molecular weight is 481 g/mol. The molecule has 0 radical (unpaired) electrons. The minimum absolute atomic E-state index is 0.0529. The zero-order valence-electron chi connectivity index (χ0n) is 19.4. The predicted octanol–water partition coefficient (Wildman–Crippen LogP) is 4.20. The van der Waals surface area contributed by atoms with Crippen molar-refractivity contribution in [3.05, 3.63) is 48.0 Å². The fraction of sp³-hybridized carbons (Fsp3) is 0.400. The lowest BCUT2D eigenvalue weighted by Crippen LogP contribution is -2.32. The van der Waals surface area contributed by atoms with Crippen LogP contribution in [-0.2, 0) is 11.3 Å². The predicted molar refractivity (Wildman–Crippen MR) is 130 cm³/mol. The lowest BCUT2D eigenvalue weighted by atomic mass is 10.0. The molecule has 1 fully saturated rings. The van der Waals surface area contributed by atoms with Gasteiger partial charge in [-0.15, -0.1) is 10.2 Å². The van der Waals surface area contributed by atoms with Gasteiger partial charge in [0.2, 0.25) is 5.91 Å². The molecule has 0 aliphatic carbocycles. The number of para-hydroxylation sites is 1. The number of ether oxygens (including phenoxy) is 3. The van der Waals surface area contributed by atoms with E-state index in [9.17, 15) is 4.79 Å². The van der Waals surface area contributed by atoms with Gasteiger partial charge in [0.15, 0.2) is 22.5 Å². The summed E-state index contributed by atoms with van der Waals surface area (Å²) >= 11 is 1.43. The number of aromatic nitrogens is 3. The van der Waals surface area contributed by atoms with Crippen LogP contribution in [0.5, 0.6) is 17.2 Å². The van der Waals surface area contributed by atoms with Crippen molar-refractivity contribution in [3.63, 3.8) is 0 Å². The minimum Gasteiger partial charge on any atom is -0.496 e. The number of benzene rings is 2. The topological polar surface area (TPSA) is 78.7 Å². The molecule has 34 heavy (non-hydrogen) atoms. The van der Waals surface area contributed by atoms with E-state index in [2.05, 4.69) is 10.2 Å². The van der Waals surface area contributed by atoms with E-state index >= 15 is 0 Å². The number of likely N-dealkylation sites (tertiary alicyclic amines) is 1. The summed E-state index contributed by atoms with van der Waals surface area (Å²) in [5.74, 6) is 3.43. The van der Waals surface area contributed by atoms with Gasteiger partial charge in [0, 0.05) is 13.1 Å². The first-order valence-corrected chi connectivity index (χ1v) is 12.6. The third kappa shape index (κ3) is 4.32. The molecule has 8 nitrogen and oxygen atoms in total. The maximum absolute atomic E-state index is 13.2. The number of rotatable bonds is 7. The third-order valence-corrected chi connectivity index (χ3v) is 7.18. The van der Waals surface area contributed by atoms with Gasteiger partial charge in [0.05, 0.1) is 24.5 Å². The summed E-state index contributed by atoms with van der Waals surface area (Å²) in [6, 6.07) is 13.8. The molecule has 1 saturated heterocycles. The van der Waals surface area contributed by atoms with Crippen molar-refractivity contribution >= 4 is 17.7 Å². The highest BCUT2D eigenvalue weighted by Gasteiger charge is 2.31. The summed E-state index contributed by atoms with van der Waals surface area (Å²) in [4.78, 5) is 15.2. The normalized spacial score (nSPS) is 17.1. The Morgan fingerprint density at radius 1 is 1.15 bits per heavy atom. The quantitative estimate of drug-likeness (QED) is 0.469. The van der Waals surface area contributed by atoms with Gasteiger partial charge in [-0.2, -0.15) is 0 Å². The molecule has 9 heteroatoms. The summed E-state index contributed by atoms with van der Waals surface area (Å²) < 4.78 is 18.9. The fourth-order valence-electron chi connectivity index (χ4n) is 4.60. The smallest absolute Gasteiger partial charge is 0.233 e. The second-order valence-corrected chi connectivity index (χ2v) is 9.13. The van der Waals surface area contributed by atoms with Crippen molar-refractivity contribution < 1.29 is 19.0 Å². The molecular formula is C25H28N4O4S. The minimum atomic E-state index is 0.0529. The summed E-state index contributed by atoms with van der Waals surface area (Å²) in [6.07, 6.45) is 1.93. The maximum Gasteiger partial charge on any atom is 0.233 e. The van der Waals surface area contributed by atoms with Crippen molar-refractivity contribution in [1.82, 2.24) is 19.7 Å². The molecule has 1 amide bonds. The highest BCUT2D eigenvalue weighted by molar-refractivity contribution is 7.99. The molecule has 1 atom stereocenters. The molecule has 2 aliphatic rings. The Morgan fingerprint density at radius 3 is 2.79 bits per heavy atom. The number of nitrogens with zero attached hydrogens (tertiary/aromatic N) is 4. The Kier molecular flexibility index (Phi) is 6.62. The second-order valence-electron chi connectivity index (χ2n) is 8.19. The van der Waals surface area contributed by atoms with Gasteiger partial charge in [-0.25, -0.2) is 0 Å². The van der Waals surface area contributed by atoms with E-state index in [1.807, 2.05) is 58.9 Å². The molecule has 0 bridgehead atoms. The maximum atomic E-state index is 13.2. The third-order valence-electron chi connectivity index (χ3n) is 6.23. The van der Waals surface area contributed by atoms with E-state index in [4.69, 9.17) is 14.2 Å². The Labute approximate surface area is 203 Å². The number of methoxy groups -OCH3 is 1. The standard InChI is InChI=1S/C25H28N4O4S/c1-3-28-24(18-7-4-5-9-20(18)31-2)26-27-25(28)34-16-23(30)29-12-6-8-19(29)17-10-11-21-22(15-17)33-14-13-32-21/h4-5,7,9-11,15,19H,3,6,8,12-14,16H2,1-2H3/t19-/m0/s1. The van der Waals surface area contributed by atoms with Gasteiger partial charge < -0.3 is 23.7 Å². The number of hydrogen-bond donors (Lipinski definition) is 0. The van der Waals surface area contributed by atoms with Gasteiger partial charge in [-0.3, -0.25) is 4.79 Å². The highest BCUT2D eigenvalue weighted by Crippen LogP contribution is 2.38. The van der Waals surface area contributed by atoms with Crippen LogP contribution in [-0.4, -0.2) is 58.2 Å². The number of carbonyl (C=O) groups excluding carboxylic acids is 1. The first-order valence-electron chi connectivity index (χ1n) is 11.6. The van der Waals surface area contributed by atoms with Crippen LogP contribution in [0.2, 0.25) is 0 Å². The average Bonchev–Trinajstić information content (AvgIpc) is 3.54. The van der Waals surface area contributed by atoms with Crippen molar-refractivity contribution in [2.24, 2.45) is 0 Å². The summed E-state index contributed by atoms with van der Waals surface area (Å²) in [5, 5.41) is 9.52. The SMILES string of the molecule is CCn1c(SCC(=O)N2CCC[C@H]2c2ccc3c(c2)OCCO3)nnc1-c1ccccc1OC. The lowest BCUT2D eigenvalue weighted by Gasteiger charge is -2.26. The van der Waals surface area contributed by atoms with Crippen molar-refractivity contribution in [3.8, 4) is 28.6 Å². The lowest BCUT2D eigenvalue weighted by molar-refractivity contribution is -0.129. The molecule has 3 aromatic rings. The molecule has 178 valence electrons. The Balaban J connectivity index is 1.30. The van der Waals surface area contributed by atoms with E-state index in [1.165, 1.54) is 11.8 Å². The fourth-order valence-corrected chi connectivity index (χ4v) is 5.49. The van der Waals surface area contributed by atoms with Gasteiger partial charge in [-0.1, -0.05) is 30.0 Å². The van der Waals surface area contributed by atoms with Crippen LogP contribution in [0.1, 0.15) is 31.4 Å². The summed E-state index contributed by atoms with van der Waals surface area (Å²) in [7, 11) is 1.65. The Morgan fingerprint density at radius 2 is 1.97 bits per heavy atom. The Bertz CT molecular complexity index is 1180. The van der Waals surface area contributed by atoms with Gasteiger partial charge in [-0.05, 0) is 49.6 Å². The number of fused-ring (bicyclic) bond motifs is 1. The largest absolute Gasteiger partial charge is 0.496 e. The molecule has 1 aromatic heterocycles. The molecular weight excluding hydrogens is 452 g/mol. The van der Waals surface area contributed by atoms with E-state index in [1.54, 1.807) is 7.11 Å². The molecule has 5 rings (SSSR count). The van der Waals surface area contributed by atoms with Gasteiger partial charge in [0.1, 0.15) is 19.0 Å². The van der Waals surface area contributed by atoms with Crippen LogP contribution >= 0.6 is 11.8 Å². The summed E-state index contributed by atoms with van der Waals surface area (Å²) in [6.45, 7) is 4.62. The molecule has 0 spiro atoms. The first-order chi connectivity index (χ1) is 16.7. The van der Waals surface area contributed by atoms with Crippen LogP contribution in [0.25, 0.3) is 11.4 Å². The second kappa shape index (κ2) is 9.97. The molecule has 0 unspecified atom stereocenters. The van der Waals surface area contributed by atoms with Crippen LogP contribution in [0.3, 0.4) is 0 Å². The summed E-state index contributed by atoms with van der Waals surface area (Å²) in [5.41, 5.74) is 1.98. The highest BCUT2D eigenvalue weighted by atomic mass is 32.2. The van der Waals surface area contributed by atoms with Crippen LogP contribution in [0, 0.1) is 0 Å². The molecule has 2 aliphatic heterocycles. The van der Waals surface area contributed by atoms with Crippen LogP contribution < -0.4 is 14.2 Å². The number of carbonyl (C=O) groups is 1. The monoisotopic (exact) mass is 480 g/mol. The zero-order chi connectivity index (χ0) is 23.5. The van der Waals surface area contributed by atoms with Crippen LogP contribution in [0.15, 0.2) is 47.6 Å². The van der Waals surface area contributed by atoms with Crippen molar-refractivity contribution in [2.45, 2.75) is 37.5 Å². The zero-order valence-corrected chi connectivity index (χ0v) is 20.2. The van der Waals surface area contributed by atoms with Crippen LogP contribution in [0.4, 0.5) is 0 Å². The van der Waals surface area contributed by atoms with Crippen molar-refractivity contribution in [1.29, 1.82) is 0 Å². The molecule has 2 aromatic carbocycles. The Hall–Kier alpha value is -3.20. The number of amides is 1. The van der Waals surface area contributed by atoms with E-state index in [-0.39, 0.29) is 11.9 Å². The van der Waals surface area contributed by atoms with Gasteiger partial charge in [0.25, 0.3) is 0 Å². The molecule has 0 N–H and O–H groups in total. The van der Waals surface area contributed by atoms with Gasteiger partial charge >= 0.3 is 0 Å². The van der Waals surface area contributed by atoms with E-state index in [0.717, 1.165) is 58.7 Å². The first kappa shape index (κ1) is 22.6. The number of thioether (sulfide) groups is 1. The molecule has 0 saturated carbocycles. The number of hydrogen-bond acceptors (Lipinski definition) is 7.